The number of aliphatic hydroxyl groups excluding tert-OH is 1. The summed E-state index contributed by atoms with van der Waals surface area (Å²) in [7, 11) is 0. The Morgan fingerprint density at radius 2 is 1.65 bits per heavy atom. The molecule has 0 aromatic heterocycles. The number of amides is 3. The molecule has 0 saturated carbocycles. The second-order valence-electron chi connectivity index (χ2n) is 12.6. The molecule has 0 unspecified atom stereocenters. The monoisotopic (exact) mass is 661 g/mol. The van der Waals surface area contributed by atoms with Crippen molar-refractivity contribution in [3.05, 3.63) is 88.6 Å². The van der Waals surface area contributed by atoms with Crippen LogP contribution in [0.25, 0.3) is 0 Å². The number of aryl methyl sites for hydroxylation is 2. The lowest BCUT2D eigenvalue weighted by Crippen LogP contribution is -2.44. The van der Waals surface area contributed by atoms with Crippen LogP contribution >= 0.6 is 0 Å². The van der Waals surface area contributed by atoms with Gasteiger partial charge in [-0.25, -0.2) is 4.79 Å². The number of rotatable bonds is 15. The van der Waals surface area contributed by atoms with Crippen molar-refractivity contribution < 1.29 is 38.6 Å². The summed E-state index contributed by atoms with van der Waals surface area (Å²) < 4.78 is 10.4. The fraction of sp³-hybridized carbons (Fsp3) is 0.432. The van der Waals surface area contributed by atoms with Crippen LogP contribution in [0.2, 0.25) is 0 Å². The van der Waals surface area contributed by atoms with Crippen LogP contribution in [0.1, 0.15) is 73.1 Å². The molecular weight excluding hydrogens is 614 g/mol. The third-order valence-electron chi connectivity index (χ3n) is 8.36. The second-order valence-corrected chi connectivity index (χ2v) is 12.6. The molecule has 0 spiro atoms. The summed E-state index contributed by atoms with van der Waals surface area (Å²) in [5.74, 6) is -2.19. The Morgan fingerprint density at radius 1 is 1.00 bits per heavy atom. The van der Waals surface area contributed by atoms with Crippen molar-refractivity contribution in [3.63, 3.8) is 0 Å². The van der Waals surface area contributed by atoms with Crippen LogP contribution in [-0.4, -0.2) is 65.0 Å². The summed E-state index contributed by atoms with van der Waals surface area (Å²) >= 11 is 0. The molecule has 11 nitrogen and oxygen atoms in total. The van der Waals surface area contributed by atoms with E-state index in [2.05, 4.69) is 17.2 Å². The molecule has 48 heavy (non-hydrogen) atoms. The minimum Gasteiger partial charge on any atom is -0.461 e. The number of hydrogen-bond donors (Lipinski definition) is 3. The van der Waals surface area contributed by atoms with E-state index in [0.717, 1.165) is 16.7 Å². The molecule has 0 aliphatic carbocycles. The number of aliphatic hydroxyl groups is 1. The Balaban J connectivity index is 1.56. The van der Waals surface area contributed by atoms with Gasteiger partial charge in [0.25, 0.3) is 5.91 Å². The summed E-state index contributed by atoms with van der Waals surface area (Å²) in [5, 5.41) is 15.2. The lowest BCUT2D eigenvalue weighted by Gasteiger charge is -2.24. The molecule has 11 heteroatoms. The predicted octanol–water partition coefficient (Wildman–Crippen LogP) is 5.17. The van der Waals surface area contributed by atoms with E-state index in [-0.39, 0.29) is 62.2 Å². The number of ketones is 1. The average Bonchev–Trinajstić information content (AvgIpc) is 3.43. The number of carbonyl (C=O) groups excluding carboxylic acids is 5. The van der Waals surface area contributed by atoms with Gasteiger partial charge in [-0.3, -0.25) is 24.5 Å². The van der Waals surface area contributed by atoms with Crippen LogP contribution in [0.4, 0.5) is 10.5 Å². The van der Waals surface area contributed by atoms with Crippen molar-refractivity contribution in [2.45, 2.75) is 79.5 Å². The van der Waals surface area contributed by atoms with Gasteiger partial charge in [-0.1, -0.05) is 56.3 Å². The van der Waals surface area contributed by atoms with Crippen molar-refractivity contribution in [3.8, 4) is 0 Å². The molecule has 2 aromatic carbocycles. The third kappa shape index (κ3) is 10.4. The fourth-order valence-corrected chi connectivity index (χ4v) is 5.30. The Labute approximate surface area is 282 Å². The zero-order valence-electron chi connectivity index (χ0n) is 28.6. The van der Waals surface area contributed by atoms with Gasteiger partial charge in [-0.05, 0) is 74.4 Å². The average molecular weight is 662 g/mol. The van der Waals surface area contributed by atoms with E-state index in [9.17, 15) is 29.1 Å². The lowest BCUT2D eigenvalue weighted by atomic mass is 9.91. The van der Waals surface area contributed by atoms with E-state index in [0.29, 0.717) is 28.8 Å². The molecule has 3 atom stereocenters. The Kier molecular flexibility index (Phi) is 13.7. The number of anilines is 1. The van der Waals surface area contributed by atoms with Crippen molar-refractivity contribution >= 4 is 35.3 Å². The van der Waals surface area contributed by atoms with Gasteiger partial charge in [-0.2, -0.15) is 0 Å². The number of benzene rings is 2. The summed E-state index contributed by atoms with van der Waals surface area (Å²) in [6.45, 7) is 14.3. The van der Waals surface area contributed by atoms with E-state index in [1.807, 2.05) is 34.6 Å². The Morgan fingerprint density at radius 3 is 2.27 bits per heavy atom. The van der Waals surface area contributed by atoms with E-state index in [1.54, 1.807) is 49.5 Å². The molecular formula is C37H47N3O8. The molecule has 3 amide bonds. The van der Waals surface area contributed by atoms with Gasteiger partial charge in [0.1, 0.15) is 13.2 Å². The zero-order chi connectivity index (χ0) is 35.5. The highest BCUT2D eigenvalue weighted by Gasteiger charge is 2.30. The zero-order valence-corrected chi connectivity index (χ0v) is 28.6. The highest BCUT2D eigenvalue weighted by molar-refractivity contribution is 6.04. The highest BCUT2D eigenvalue weighted by atomic mass is 16.5. The van der Waals surface area contributed by atoms with Gasteiger partial charge in [0.2, 0.25) is 5.91 Å². The van der Waals surface area contributed by atoms with E-state index in [4.69, 9.17) is 9.47 Å². The van der Waals surface area contributed by atoms with Crippen molar-refractivity contribution in [1.82, 2.24) is 10.2 Å². The maximum atomic E-state index is 13.5. The molecule has 1 aliphatic rings. The largest absolute Gasteiger partial charge is 0.461 e. The number of carbonyl (C=O) groups is 5. The number of hydrogen-bond acceptors (Lipinski definition) is 8. The van der Waals surface area contributed by atoms with Crippen molar-refractivity contribution in [1.29, 1.82) is 0 Å². The number of nitrogens with zero attached hydrogens (tertiary/aromatic N) is 1. The predicted molar refractivity (Wildman–Crippen MR) is 182 cm³/mol. The first-order chi connectivity index (χ1) is 22.7. The van der Waals surface area contributed by atoms with Crippen molar-refractivity contribution in [2.24, 2.45) is 11.8 Å². The van der Waals surface area contributed by atoms with Crippen LogP contribution < -0.4 is 10.6 Å². The van der Waals surface area contributed by atoms with Crippen LogP contribution in [0.5, 0.6) is 0 Å². The van der Waals surface area contributed by atoms with E-state index < -0.39 is 24.0 Å². The van der Waals surface area contributed by atoms with Crippen LogP contribution in [0.3, 0.4) is 0 Å². The van der Waals surface area contributed by atoms with Gasteiger partial charge >= 0.3 is 12.1 Å². The number of esters is 1. The Hall–Kier alpha value is -4.77. The maximum Gasteiger partial charge on any atom is 0.411 e. The molecule has 258 valence electrons. The number of nitrogens with one attached hydrogen (secondary N) is 2. The molecule has 2 aromatic rings. The smallest absolute Gasteiger partial charge is 0.411 e. The first kappa shape index (κ1) is 37.7. The quantitative estimate of drug-likeness (QED) is 0.175. The molecule has 1 heterocycles. The van der Waals surface area contributed by atoms with Crippen LogP contribution in [0.15, 0.2) is 60.8 Å². The first-order valence-corrected chi connectivity index (χ1v) is 16.1. The van der Waals surface area contributed by atoms with Crippen molar-refractivity contribution in [2.75, 3.05) is 18.5 Å². The van der Waals surface area contributed by atoms with Crippen LogP contribution in [0, 0.1) is 25.7 Å². The third-order valence-corrected chi connectivity index (χ3v) is 8.36. The minimum atomic E-state index is -0.767. The fourth-order valence-electron chi connectivity index (χ4n) is 5.30. The standard InChI is InChI=1S/C37H47N3O8/c1-8-13-47-34(43)18-30(22(2)3)35(44)38-26(7)33(42)17-27-9-11-28(12-10-27)21-48-37(46)39-32-16-25(6)24(5)15-31(32)36(45)40-19-23(4)14-29(40)20-41/h8-12,15-16,19,22,26,29-30,41H,1,13-14,17-18,20-21H2,2-7H3,(H,38,44)(H,39,46)/t26-,29-,30-/m0/s1. The van der Waals surface area contributed by atoms with Crippen LogP contribution in [-0.2, 0) is 36.9 Å². The second kappa shape index (κ2) is 17.4. The lowest BCUT2D eigenvalue weighted by molar-refractivity contribution is -0.146. The molecule has 0 radical (unpaired) electrons. The highest BCUT2D eigenvalue weighted by Crippen LogP contribution is 2.28. The molecule has 3 rings (SSSR count). The summed E-state index contributed by atoms with van der Waals surface area (Å²) in [5.41, 5.74) is 4.76. The number of Topliss-reactive ketones (excluding diaryl/α,β-unsaturated/α-hetero) is 1. The summed E-state index contributed by atoms with van der Waals surface area (Å²) in [4.78, 5) is 65.6. The van der Waals surface area contributed by atoms with Gasteiger partial charge < -0.3 is 24.8 Å². The Bertz CT molecular complexity index is 1550. The SMILES string of the molecule is C=CCOC(=O)C[C@H](C(=O)N[C@@H](C)C(=O)Cc1ccc(COC(=O)Nc2cc(C)c(C)cc2C(=O)N2C=C(C)C[C@H]2CO)cc1)C(C)C. The molecule has 0 fully saturated rings. The van der Waals surface area contributed by atoms with E-state index in [1.165, 1.54) is 11.0 Å². The van der Waals surface area contributed by atoms with Gasteiger partial charge in [0.05, 0.1) is 42.3 Å². The van der Waals surface area contributed by atoms with Gasteiger partial charge in [0.15, 0.2) is 5.78 Å². The molecule has 0 saturated heterocycles. The van der Waals surface area contributed by atoms with Gasteiger partial charge in [0, 0.05) is 12.6 Å². The topological polar surface area (TPSA) is 151 Å². The van der Waals surface area contributed by atoms with E-state index >= 15 is 0 Å². The van der Waals surface area contributed by atoms with Gasteiger partial charge in [-0.15, -0.1) is 0 Å². The molecule has 1 aliphatic heterocycles. The minimum absolute atomic E-state index is 0.0485. The summed E-state index contributed by atoms with van der Waals surface area (Å²) in [6.07, 6.45) is 3.00. The maximum absolute atomic E-state index is 13.5. The summed E-state index contributed by atoms with van der Waals surface area (Å²) in [6, 6.07) is 9.30. The normalized spacial score (nSPS) is 15.3. The number of ether oxygens (including phenoxy) is 2. The first-order valence-electron chi connectivity index (χ1n) is 16.1. The molecule has 3 N–H and O–H groups in total. The molecule has 0 bridgehead atoms.